The van der Waals surface area contributed by atoms with Crippen LogP contribution in [0.2, 0.25) is 0 Å². The largest absolute Gasteiger partial charge is 0.379 e. The van der Waals surface area contributed by atoms with E-state index in [1.54, 1.807) is 25.0 Å². The highest BCUT2D eigenvalue weighted by atomic mass is 79.9. The summed E-state index contributed by atoms with van der Waals surface area (Å²) in [4.78, 5) is 14.3. The van der Waals surface area contributed by atoms with Gasteiger partial charge in [-0.05, 0) is 39.7 Å². The SMILES string of the molecule is Cn1ncc(NCc2ccccc2Sc2ccccc2)c(Br)c1=O. The van der Waals surface area contributed by atoms with E-state index in [0.29, 0.717) is 16.7 Å². The van der Waals surface area contributed by atoms with E-state index in [1.165, 1.54) is 20.0 Å². The van der Waals surface area contributed by atoms with E-state index in [1.807, 2.05) is 30.3 Å². The predicted molar refractivity (Wildman–Crippen MR) is 102 cm³/mol. The van der Waals surface area contributed by atoms with Crippen molar-refractivity contribution in [2.75, 3.05) is 5.32 Å². The molecule has 0 atom stereocenters. The Balaban J connectivity index is 1.79. The highest BCUT2D eigenvalue weighted by Crippen LogP contribution is 2.30. The van der Waals surface area contributed by atoms with Crippen LogP contribution >= 0.6 is 27.7 Å². The summed E-state index contributed by atoms with van der Waals surface area (Å²) in [5.41, 5.74) is 1.70. The van der Waals surface area contributed by atoms with Crippen molar-refractivity contribution < 1.29 is 0 Å². The number of benzene rings is 2. The van der Waals surface area contributed by atoms with E-state index in [-0.39, 0.29) is 5.56 Å². The first kappa shape index (κ1) is 16.8. The first-order chi connectivity index (χ1) is 11.6. The van der Waals surface area contributed by atoms with Gasteiger partial charge in [-0.1, -0.05) is 48.2 Å². The van der Waals surface area contributed by atoms with Gasteiger partial charge in [0, 0.05) is 23.4 Å². The van der Waals surface area contributed by atoms with Gasteiger partial charge in [-0.3, -0.25) is 4.79 Å². The lowest BCUT2D eigenvalue weighted by molar-refractivity contribution is 0.703. The van der Waals surface area contributed by atoms with E-state index in [2.05, 4.69) is 50.6 Å². The van der Waals surface area contributed by atoms with Gasteiger partial charge in [-0.15, -0.1) is 0 Å². The van der Waals surface area contributed by atoms with Crippen molar-refractivity contribution in [3.8, 4) is 0 Å². The molecule has 0 aliphatic carbocycles. The van der Waals surface area contributed by atoms with E-state index >= 15 is 0 Å². The Labute approximate surface area is 153 Å². The molecule has 0 amide bonds. The molecule has 0 unspecified atom stereocenters. The highest BCUT2D eigenvalue weighted by Gasteiger charge is 2.08. The Morgan fingerprint density at radius 2 is 1.83 bits per heavy atom. The van der Waals surface area contributed by atoms with Crippen molar-refractivity contribution >= 4 is 33.4 Å². The number of aryl methyl sites for hydroxylation is 1. The number of aromatic nitrogens is 2. The fourth-order valence-corrected chi connectivity index (χ4v) is 3.65. The molecule has 0 aliphatic heterocycles. The second kappa shape index (κ2) is 7.68. The second-order valence-corrected chi connectivity index (χ2v) is 7.09. The molecule has 2 aromatic carbocycles. The number of rotatable bonds is 5. The first-order valence-corrected chi connectivity index (χ1v) is 9.02. The minimum absolute atomic E-state index is 0.160. The van der Waals surface area contributed by atoms with Gasteiger partial charge in [-0.2, -0.15) is 5.10 Å². The predicted octanol–water partition coefficient (Wildman–Crippen LogP) is 4.31. The van der Waals surface area contributed by atoms with Crippen LogP contribution in [0.1, 0.15) is 5.56 Å². The molecule has 24 heavy (non-hydrogen) atoms. The standard InChI is InChI=1S/C18H16BrN3OS/c1-22-18(23)17(19)15(12-21-22)20-11-13-7-5-6-10-16(13)24-14-8-3-2-4-9-14/h2-10,12,20H,11H2,1H3. The summed E-state index contributed by atoms with van der Waals surface area (Å²) in [5.74, 6) is 0. The number of nitrogens with one attached hydrogen (secondary N) is 1. The van der Waals surface area contributed by atoms with E-state index in [9.17, 15) is 4.79 Å². The number of anilines is 1. The number of hydrogen-bond acceptors (Lipinski definition) is 4. The van der Waals surface area contributed by atoms with Crippen molar-refractivity contribution in [3.63, 3.8) is 0 Å². The van der Waals surface area contributed by atoms with Gasteiger partial charge in [0.05, 0.1) is 11.9 Å². The quantitative estimate of drug-likeness (QED) is 0.691. The molecule has 1 heterocycles. The number of nitrogens with zero attached hydrogens (tertiary/aromatic N) is 2. The average molecular weight is 402 g/mol. The van der Waals surface area contributed by atoms with Gasteiger partial charge in [0.15, 0.2) is 0 Å². The Bertz CT molecular complexity index is 896. The van der Waals surface area contributed by atoms with Gasteiger partial charge in [-0.25, -0.2) is 4.68 Å². The van der Waals surface area contributed by atoms with Crippen LogP contribution < -0.4 is 10.9 Å². The van der Waals surface area contributed by atoms with Gasteiger partial charge in [0.1, 0.15) is 4.47 Å². The zero-order valence-corrected chi connectivity index (χ0v) is 15.5. The average Bonchev–Trinajstić information content (AvgIpc) is 2.61. The molecular formula is C18H16BrN3OS. The Kier molecular flexibility index (Phi) is 5.37. The molecule has 4 nitrogen and oxygen atoms in total. The molecule has 0 saturated heterocycles. The fraction of sp³-hybridized carbons (Fsp3) is 0.111. The molecule has 1 N–H and O–H groups in total. The minimum atomic E-state index is -0.160. The summed E-state index contributed by atoms with van der Waals surface area (Å²) in [6.07, 6.45) is 1.65. The Morgan fingerprint density at radius 1 is 1.12 bits per heavy atom. The summed E-state index contributed by atoms with van der Waals surface area (Å²) in [6.45, 7) is 0.615. The van der Waals surface area contributed by atoms with E-state index < -0.39 is 0 Å². The minimum Gasteiger partial charge on any atom is -0.379 e. The highest BCUT2D eigenvalue weighted by molar-refractivity contribution is 9.10. The maximum Gasteiger partial charge on any atom is 0.282 e. The maximum absolute atomic E-state index is 11.9. The normalized spacial score (nSPS) is 10.6. The Hall–Kier alpha value is -2.05. The third kappa shape index (κ3) is 3.88. The van der Waals surface area contributed by atoms with Crippen molar-refractivity contribution in [2.24, 2.45) is 7.05 Å². The van der Waals surface area contributed by atoms with Crippen LogP contribution in [-0.4, -0.2) is 9.78 Å². The molecule has 6 heteroatoms. The molecule has 0 saturated carbocycles. The molecule has 0 radical (unpaired) electrons. The molecule has 1 aromatic heterocycles. The van der Waals surface area contributed by atoms with Gasteiger partial charge >= 0.3 is 0 Å². The number of hydrogen-bond donors (Lipinski definition) is 1. The monoisotopic (exact) mass is 401 g/mol. The smallest absolute Gasteiger partial charge is 0.282 e. The van der Waals surface area contributed by atoms with Crippen LogP contribution in [0.4, 0.5) is 5.69 Å². The van der Waals surface area contributed by atoms with Crippen molar-refractivity contribution in [3.05, 3.63) is 81.2 Å². The summed E-state index contributed by atoms with van der Waals surface area (Å²) in [5, 5.41) is 7.34. The second-order valence-electron chi connectivity index (χ2n) is 5.18. The molecule has 122 valence electrons. The van der Waals surface area contributed by atoms with Crippen molar-refractivity contribution in [1.82, 2.24) is 9.78 Å². The lowest BCUT2D eigenvalue weighted by atomic mass is 10.2. The zero-order chi connectivity index (χ0) is 16.9. The molecule has 3 rings (SSSR count). The molecule has 3 aromatic rings. The number of halogens is 1. The molecule has 0 fully saturated rings. The lowest BCUT2D eigenvalue weighted by Crippen LogP contribution is -2.21. The van der Waals surface area contributed by atoms with Gasteiger partial charge < -0.3 is 5.32 Å². The van der Waals surface area contributed by atoms with Gasteiger partial charge in [0.25, 0.3) is 5.56 Å². The van der Waals surface area contributed by atoms with Crippen molar-refractivity contribution in [1.29, 1.82) is 0 Å². The lowest BCUT2D eigenvalue weighted by Gasteiger charge is -2.12. The molecular weight excluding hydrogens is 386 g/mol. The third-order valence-electron chi connectivity index (χ3n) is 3.49. The van der Waals surface area contributed by atoms with Crippen LogP contribution in [0, 0.1) is 0 Å². The van der Waals surface area contributed by atoms with Crippen LogP contribution in [0.25, 0.3) is 0 Å². The first-order valence-electron chi connectivity index (χ1n) is 7.41. The van der Waals surface area contributed by atoms with Crippen molar-refractivity contribution in [2.45, 2.75) is 16.3 Å². The topological polar surface area (TPSA) is 46.9 Å². The summed E-state index contributed by atoms with van der Waals surface area (Å²) in [7, 11) is 1.63. The maximum atomic E-state index is 11.9. The molecule has 0 bridgehead atoms. The summed E-state index contributed by atoms with van der Waals surface area (Å²) in [6, 6.07) is 18.5. The van der Waals surface area contributed by atoms with Crippen LogP contribution in [0.15, 0.2) is 79.9 Å². The summed E-state index contributed by atoms with van der Waals surface area (Å²) >= 11 is 5.06. The summed E-state index contributed by atoms with van der Waals surface area (Å²) < 4.78 is 1.79. The van der Waals surface area contributed by atoms with Crippen LogP contribution in [-0.2, 0) is 13.6 Å². The van der Waals surface area contributed by atoms with Crippen LogP contribution in [0.5, 0.6) is 0 Å². The fourth-order valence-electron chi connectivity index (χ4n) is 2.19. The molecule has 0 aliphatic rings. The van der Waals surface area contributed by atoms with E-state index in [0.717, 1.165) is 0 Å². The zero-order valence-electron chi connectivity index (χ0n) is 13.1. The molecule has 0 spiro atoms. The van der Waals surface area contributed by atoms with Crippen LogP contribution in [0.3, 0.4) is 0 Å². The van der Waals surface area contributed by atoms with E-state index in [4.69, 9.17) is 0 Å². The Morgan fingerprint density at radius 3 is 2.62 bits per heavy atom. The van der Waals surface area contributed by atoms with Gasteiger partial charge in [0.2, 0.25) is 0 Å². The third-order valence-corrected chi connectivity index (χ3v) is 5.38.